The smallest absolute Gasteiger partial charge is 0.223 e. The van der Waals surface area contributed by atoms with Gasteiger partial charge < -0.3 is 10.1 Å². The molecular weight excluding hydrogens is 250 g/mol. The summed E-state index contributed by atoms with van der Waals surface area (Å²) in [4.78, 5) is 12.0. The van der Waals surface area contributed by atoms with E-state index < -0.39 is 0 Å². The van der Waals surface area contributed by atoms with Gasteiger partial charge in [0.25, 0.3) is 0 Å². The van der Waals surface area contributed by atoms with Crippen molar-refractivity contribution >= 4 is 5.91 Å². The van der Waals surface area contributed by atoms with Crippen LogP contribution in [-0.4, -0.2) is 19.1 Å². The van der Waals surface area contributed by atoms with Crippen molar-refractivity contribution in [2.45, 2.75) is 46.0 Å². The number of hydrogen-bond donors (Lipinski definition) is 1. The molecule has 3 nitrogen and oxygen atoms in total. The number of carbonyl (C=O) groups excluding carboxylic acids is 1. The Balaban J connectivity index is 1.70. The van der Waals surface area contributed by atoms with Crippen LogP contribution in [0.5, 0.6) is 5.75 Å². The van der Waals surface area contributed by atoms with Crippen molar-refractivity contribution in [3.8, 4) is 5.75 Å². The van der Waals surface area contributed by atoms with E-state index in [0.717, 1.165) is 24.2 Å². The van der Waals surface area contributed by atoms with Gasteiger partial charge in [0.05, 0.1) is 6.54 Å². The molecular formula is C17H25NO2. The van der Waals surface area contributed by atoms with E-state index in [-0.39, 0.29) is 11.8 Å². The monoisotopic (exact) mass is 275 g/mol. The normalized spacial score (nSPS) is 15.9. The summed E-state index contributed by atoms with van der Waals surface area (Å²) < 4.78 is 5.74. The number of carbonyl (C=O) groups is 1. The van der Waals surface area contributed by atoms with Crippen molar-refractivity contribution in [2.75, 3.05) is 13.2 Å². The number of ether oxygens (including phenoxy) is 1. The van der Waals surface area contributed by atoms with Crippen molar-refractivity contribution in [3.63, 3.8) is 0 Å². The Hall–Kier alpha value is -1.51. The topological polar surface area (TPSA) is 38.3 Å². The van der Waals surface area contributed by atoms with Crippen molar-refractivity contribution in [3.05, 3.63) is 29.3 Å². The third kappa shape index (κ3) is 4.26. The molecule has 20 heavy (non-hydrogen) atoms. The minimum Gasteiger partial charge on any atom is -0.491 e. The molecule has 1 aliphatic rings. The summed E-state index contributed by atoms with van der Waals surface area (Å²) in [6.45, 7) is 5.21. The lowest BCUT2D eigenvalue weighted by Gasteiger charge is -2.20. The highest BCUT2D eigenvalue weighted by Gasteiger charge is 2.20. The van der Waals surface area contributed by atoms with Crippen LogP contribution in [0.2, 0.25) is 0 Å². The first kappa shape index (κ1) is 14.9. The first-order valence-electron chi connectivity index (χ1n) is 7.64. The molecule has 1 fully saturated rings. The molecule has 110 valence electrons. The van der Waals surface area contributed by atoms with Gasteiger partial charge in [0.15, 0.2) is 0 Å². The van der Waals surface area contributed by atoms with Crippen LogP contribution in [-0.2, 0) is 4.79 Å². The molecule has 0 aliphatic heterocycles. The molecule has 1 aromatic rings. The molecule has 3 heteroatoms. The van der Waals surface area contributed by atoms with Gasteiger partial charge in [0, 0.05) is 5.92 Å². The second kappa shape index (κ2) is 7.32. The number of hydrogen-bond acceptors (Lipinski definition) is 2. The van der Waals surface area contributed by atoms with E-state index in [1.165, 1.54) is 24.8 Å². The van der Waals surface area contributed by atoms with E-state index in [4.69, 9.17) is 4.74 Å². The van der Waals surface area contributed by atoms with Crippen molar-refractivity contribution in [1.82, 2.24) is 5.32 Å². The van der Waals surface area contributed by atoms with E-state index in [9.17, 15) is 4.79 Å². The lowest BCUT2D eigenvalue weighted by atomic mass is 9.89. The standard InChI is InChI=1S/C17H25NO2/c1-13-8-9-14(2)16(12-13)20-11-10-18-17(19)15-6-4-3-5-7-15/h8-9,12,15H,3-7,10-11H2,1-2H3,(H,18,19). The van der Waals surface area contributed by atoms with Gasteiger partial charge in [0.1, 0.15) is 12.4 Å². The second-order valence-electron chi connectivity index (χ2n) is 5.74. The second-order valence-corrected chi connectivity index (χ2v) is 5.74. The predicted molar refractivity (Wildman–Crippen MR) is 81.0 cm³/mol. The molecule has 1 aromatic carbocycles. The van der Waals surface area contributed by atoms with E-state index in [1.807, 2.05) is 13.0 Å². The van der Waals surface area contributed by atoms with Crippen LogP contribution in [0.3, 0.4) is 0 Å². The number of benzene rings is 1. The van der Waals surface area contributed by atoms with Crippen LogP contribution in [0.4, 0.5) is 0 Å². The molecule has 0 unspecified atom stereocenters. The molecule has 1 aliphatic carbocycles. The Morgan fingerprint density at radius 3 is 2.75 bits per heavy atom. The SMILES string of the molecule is Cc1ccc(C)c(OCCNC(=O)C2CCCCC2)c1. The summed E-state index contributed by atoms with van der Waals surface area (Å²) in [5.41, 5.74) is 2.33. The zero-order valence-corrected chi connectivity index (χ0v) is 12.6. The first-order valence-corrected chi connectivity index (χ1v) is 7.64. The predicted octanol–water partition coefficient (Wildman–Crippen LogP) is 3.38. The highest BCUT2D eigenvalue weighted by Crippen LogP contribution is 2.23. The van der Waals surface area contributed by atoms with E-state index in [0.29, 0.717) is 13.2 Å². The van der Waals surface area contributed by atoms with Gasteiger partial charge in [-0.15, -0.1) is 0 Å². The van der Waals surface area contributed by atoms with Crippen LogP contribution in [0.1, 0.15) is 43.2 Å². The maximum atomic E-state index is 12.0. The van der Waals surface area contributed by atoms with Gasteiger partial charge in [-0.25, -0.2) is 0 Å². The van der Waals surface area contributed by atoms with Crippen LogP contribution in [0, 0.1) is 19.8 Å². The minimum absolute atomic E-state index is 0.203. The van der Waals surface area contributed by atoms with Gasteiger partial charge >= 0.3 is 0 Å². The molecule has 0 aromatic heterocycles. The Morgan fingerprint density at radius 2 is 2.00 bits per heavy atom. The van der Waals surface area contributed by atoms with Gasteiger partial charge in [-0.2, -0.15) is 0 Å². The summed E-state index contributed by atoms with van der Waals surface area (Å²) in [6.07, 6.45) is 5.75. The van der Waals surface area contributed by atoms with Crippen LogP contribution >= 0.6 is 0 Å². The van der Waals surface area contributed by atoms with Crippen LogP contribution in [0.25, 0.3) is 0 Å². The Labute approximate surface area is 121 Å². The number of amides is 1. The number of aryl methyl sites for hydroxylation is 2. The lowest BCUT2D eigenvalue weighted by molar-refractivity contribution is -0.126. The third-order valence-electron chi connectivity index (χ3n) is 3.98. The average molecular weight is 275 g/mol. The number of rotatable bonds is 5. The van der Waals surface area contributed by atoms with E-state index >= 15 is 0 Å². The first-order chi connectivity index (χ1) is 9.66. The third-order valence-corrected chi connectivity index (χ3v) is 3.98. The fraction of sp³-hybridized carbons (Fsp3) is 0.588. The minimum atomic E-state index is 0.203. The molecule has 0 bridgehead atoms. The van der Waals surface area contributed by atoms with Crippen molar-refractivity contribution in [2.24, 2.45) is 5.92 Å². The van der Waals surface area contributed by atoms with Gasteiger partial charge in [-0.1, -0.05) is 31.4 Å². The van der Waals surface area contributed by atoms with Gasteiger partial charge in [-0.05, 0) is 43.9 Å². The zero-order valence-electron chi connectivity index (χ0n) is 12.6. The summed E-state index contributed by atoms with van der Waals surface area (Å²) in [5.74, 6) is 1.34. The van der Waals surface area contributed by atoms with Crippen molar-refractivity contribution < 1.29 is 9.53 Å². The maximum absolute atomic E-state index is 12.0. The van der Waals surface area contributed by atoms with E-state index in [2.05, 4.69) is 24.4 Å². The largest absolute Gasteiger partial charge is 0.491 e. The average Bonchev–Trinajstić information content (AvgIpc) is 2.47. The molecule has 0 atom stereocenters. The summed E-state index contributed by atoms with van der Waals surface area (Å²) >= 11 is 0. The van der Waals surface area contributed by atoms with Crippen LogP contribution in [0.15, 0.2) is 18.2 Å². The molecule has 2 rings (SSSR count). The maximum Gasteiger partial charge on any atom is 0.223 e. The molecule has 0 radical (unpaired) electrons. The zero-order chi connectivity index (χ0) is 14.4. The Kier molecular flexibility index (Phi) is 5.45. The molecule has 1 N–H and O–H groups in total. The van der Waals surface area contributed by atoms with Gasteiger partial charge in [0.2, 0.25) is 5.91 Å². The summed E-state index contributed by atoms with van der Waals surface area (Å²) in [6, 6.07) is 6.18. The quantitative estimate of drug-likeness (QED) is 0.837. The molecule has 1 amide bonds. The molecule has 0 spiro atoms. The highest BCUT2D eigenvalue weighted by molar-refractivity contribution is 5.78. The summed E-state index contributed by atoms with van der Waals surface area (Å²) in [5, 5.41) is 2.99. The fourth-order valence-electron chi connectivity index (χ4n) is 2.71. The fourth-order valence-corrected chi connectivity index (χ4v) is 2.71. The molecule has 0 heterocycles. The van der Waals surface area contributed by atoms with Crippen LogP contribution < -0.4 is 10.1 Å². The molecule has 1 saturated carbocycles. The van der Waals surface area contributed by atoms with E-state index in [1.54, 1.807) is 0 Å². The summed E-state index contributed by atoms with van der Waals surface area (Å²) in [7, 11) is 0. The van der Waals surface area contributed by atoms with Gasteiger partial charge in [-0.3, -0.25) is 4.79 Å². The Bertz CT molecular complexity index is 450. The number of nitrogens with one attached hydrogen (secondary N) is 1. The Morgan fingerprint density at radius 1 is 1.25 bits per heavy atom. The van der Waals surface area contributed by atoms with Crippen molar-refractivity contribution in [1.29, 1.82) is 0 Å². The lowest BCUT2D eigenvalue weighted by Crippen LogP contribution is -2.34. The molecule has 0 saturated heterocycles. The highest BCUT2D eigenvalue weighted by atomic mass is 16.5.